The minimum atomic E-state index is -0.222. The van der Waals surface area contributed by atoms with Crippen LogP contribution in [-0.2, 0) is 20.1 Å². The zero-order valence-corrected chi connectivity index (χ0v) is 19.6. The van der Waals surface area contributed by atoms with Crippen LogP contribution in [0.1, 0.15) is 12.0 Å². The van der Waals surface area contributed by atoms with Crippen LogP contribution in [0.2, 0.25) is 0 Å². The summed E-state index contributed by atoms with van der Waals surface area (Å²) in [5.41, 5.74) is 0.928. The second-order valence-electron chi connectivity index (χ2n) is 8.47. The summed E-state index contributed by atoms with van der Waals surface area (Å²) in [5.74, 6) is 0.876. The standard InChI is InChI=1S/C25H32N4O4/c1-26-24(30)20-16-22(32-2)23(33-3)17-21(20)25(31)29(26)11-7-10-27-12-14-28(15-13-27)18-19-8-5-4-6-9-19/h4-6,8-9,16-17H,7,10-15,18H2,1-3H3. The fraction of sp³-hybridized carbons (Fsp3) is 0.440. The average molecular weight is 453 g/mol. The molecular formula is C25H32N4O4. The van der Waals surface area contributed by atoms with Gasteiger partial charge in [0.15, 0.2) is 11.5 Å². The van der Waals surface area contributed by atoms with Crippen molar-refractivity contribution >= 4 is 10.8 Å². The van der Waals surface area contributed by atoms with Crippen molar-refractivity contribution in [3.63, 3.8) is 0 Å². The van der Waals surface area contributed by atoms with Gasteiger partial charge in [0.25, 0.3) is 11.1 Å². The molecule has 8 heteroatoms. The van der Waals surface area contributed by atoms with E-state index in [-0.39, 0.29) is 11.1 Å². The topological polar surface area (TPSA) is 68.9 Å². The van der Waals surface area contributed by atoms with Gasteiger partial charge in [-0.05, 0) is 24.1 Å². The number of benzene rings is 2. The van der Waals surface area contributed by atoms with Crippen LogP contribution < -0.4 is 20.6 Å². The van der Waals surface area contributed by atoms with E-state index >= 15 is 0 Å². The van der Waals surface area contributed by atoms with Crippen LogP contribution in [-0.4, -0.2) is 66.1 Å². The summed E-state index contributed by atoms with van der Waals surface area (Å²) in [5, 5.41) is 0.691. The van der Waals surface area contributed by atoms with Gasteiger partial charge in [-0.2, -0.15) is 0 Å². The quantitative estimate of drug-likeness (QED) is 0.520. The fourth-order valence-corrected chi connectivity index (χ4v) is 4.50. The van der Waals surface area contributed by atoms with E-state index in [1.165, 1.54) is 29.1 Å². The van der Waals surface area contributed by atoms with Gasteiger partial charge in [-0.1, -0.05) is 30.3 Å². The number of fused-ring (bicyclic) bond motifs is 1. The maximum atomic E-state index is 13.2. The maximum absolute atomic E-state index is 13.2. The van der Waals surface area contributed by atoms with Crippen molar-refractivity contribution in [1.29, 1.82) is 0 Å². The molecule has 176 valence electrons. The van der Waals surface area contributed by atoms with Crippen LogP contribution >= 0.6 is 0 Å². The molecule has 0 bridgehead atoms. The molecule has 0 aliphatic carbocycles. The summed E-state index contributed by atoms with van der Waals surface area (Å²) in [6.07, 6.45) is 0.796. The smallest absolute Gasteiger partial charge is 0.273 e. The monoisotopic (exact) mass is 452 g/mol. The van der Waals surface area contributed by atoms with Crippen molar-refractivity contribution in [2.45, 2.75) is 19.5 Å². The predicted octanol–water partition coefficient (Wildman–Crippen LogP) is 1.93. The summed E-state index contributed by atoms with van der Waals surface area (Å²) in [7, 11) is 4.67. The highest BCUT2D eigenvalue weighted by Gasteiger charge is 2.18. The lowest BCUT2D eigenvalue weighted by Gasteiger charge is -2.34. The van der Waals surface area contributed by atoms with E-state index in [4.69, 9.17) is 9.47 Å². The summed E-state index contributed by atoms with van der Waals surface area (Å²) < 4.78 is 13.6. The Morgan fingerprint density at radius 2 is 1.36 bits per heavy atom. The van der Waals surface area contributed by atoms with Crippen LogP contribution in [0, 0.1) is 0 Å². The largest absolute Gasteiger partial charge is 0.493 e. The Bertz CT molecular complexity index is 1210. The Morgan fingerprint density at radius 3 is 1.97 bits per heavy atom. The molecule has 0 unspecified atom stereocenters. The molecule has 0 atom stereocenters. The summed E-state index contributed by atoms with van der Waals surface area (Å²) >= 11 is 0. The van der Waals surface area contributed by atoms with Crippen LogP contribution in [0.25, 0.3) is 10.8 Å². The predicted molar refractivity (Wildman–Crippen MR) is 129 cm³/mol. The molecule has 1 saturated heterocycles. The Balaban J connectivity index is 1.40. The van der Waals surface area contributed by atoms with Crippen molar-refractivity contribution in [2.75, 3.05) is 46.9 Å². The molecule has 1 aliphatic heterocycles. The van der Waals surface area contributed by atoms with Gasteiger partial charge >= 0.3 is 0 Å². The number of aromatic nitrogens is 2. The molecule has 4 rings (SSSR count). The second kappa shape index (κ2) is 10.2. The molecule has 33 heavy (non-hydrogen) atoms. The first-order valence-electron chi connectivity index (χ1n) is 11.4. The summed E-state index contributed by atoms with van der Waals surface area (Å²) in [6, 6.07) is 13.7. The number of hydrogen-bond donors (Lipinski definition) is 0. The highest BCUT2D eigenvalue weighted by Crippen LogP contribution is 2.29. The van der Waals surface area contributed by atoms with E-state index in [1.807, 2.05) is 6.07 Å². The third-order valence-electron chi connectivity index (χ3n) is 6.43. The highest BCUT2D eigenvalue weighted by molar-refractivity contribution is 5.84. The van der Waals surface area contributed by atoms with E-state index in [1.54, 1.807) is 19.2 Å². The van der Waals surface area contributed by atoms with E-state index in [0.717, 1.165) is 45.7 Å². The van der Waals surface area contributed by atoms with Crippen LogP contribution in [0.15, 0.2) is 52.1 Å². The molecule has 2 aromatic carbocycles. The Kier molecular flexibility index (Phi) is 7.15. The molecule has 1 aliphatic rings. The number of piperazine rings is 1. The van der Waals surface area contributed by atoms with Crippen molar-refractivity contribution < 1.29 is 9.47 Å². The van der Waals surface area contributed by atoms with Gasteiger partial charge in [-0.15, -0.1) is 0 Å². The molecule has 8 nitrogen and oxygen atoms in total. The Morgan fingerprint density at radius 1 is 0.788 bits per heavy atom. The molecule has 0 N–H and O–H groups in total. The lowest BCUT2D eigenvalue weighted by molar-refractivity contribution is 0.124. The van der Waals surface area contributed by atoms with Gasteiger partial charge in [0, 0.05) is 52.9 Å². The van der Waals surface area contributed by atoms with Crippen LogP contribution in [0.3, 0.4) is 0 Å². The number of hydrogen-bond acceptors (Lipinski definition) is 6. The highest BCUT2D eigenvalue weighted by atomic mass is 16.5. The molecule has 0 radical (unpaired) electrons. The van der Waals surface area contributed by atoms with Gasteiger partial charge in [0.2, 0.25) is 0 Å². The van der Waals surface area contributed by atoms with Crippen LogP contribution in [0.5, 0.6) is 11.5 Å². The zero-order chi connectivity index (χ0) is 23.4. The lowest BCUT2D eigenvalue weighted by atomic mass is 10.1. The Hall–Kier alpha value is -3.10. The molecule has 1 aromatic heterocycles. The van der Waals surface area contributed by atoms with Crippen molar-refractivity contribution in [1.82, 2.24) is 19.2 Å². The van der Waals surface area contributed by atoms with Crippen LogP contribution in [0.4, 0.5) is 0 Å². The number of methoxy groups -OCH3 is 2. The molecule has 0 amide bonds. The minimum Gasteiger partial charge on any atom is -0.493 e. The van der Waals surface area contributed by atoms with Gasteiger partial charge < -0.3 is 14.4 Å². The van der Waals surface area contributed by atoms with E-state index in [2.05, 4.69) is 34.1 Å². The van der Waals surface area contributed by atoms with Gasteiger partial charge in [-0.3, -0.25) is 19.2 Å². The van der Waals surface area contributed by atoms with Crippen molar-refractivity contribution in [3.8, 4) is 11.5 Å². The second-order valence-corrected chi connectivity index (χ2v) is 8.47. The van der Waals surface area contributed by atoms with E-state index in [0.29, 0.717) is 28.8 Å². The first kappa shape index (κ1) is 23.1. The molecular weight excluding hydrogens is 420 g/mol. The van der Waals surface area contributed by atoms with Gasteiger partial charge in [-0.25, -0.2) is 4.68 Å². The fourth-order valence-electron chi connectivity index (χ4n) is 4.50. The number of nitrogens with zero attached hydrogens (tertiary/aromatic N) is 4. The average Bonchev–Trinajstić information content (AvgIpc) is 2.85. The normalized spacial score (nSPS) is 15.1. The molecule has 3 aromatic rings. The summed E-state index contributed by atoms with van der Waals surface area (Å²) in [6.45, 7) is 6.45. The molecule has 0 spiro atoms. The number of rotatable bonds is 8. The van der Waals surface area contributed by atoms with Crippen molar-refractivity contribution in [3.05, 3.63) is 68.7 Å². The van der Waals surface area contributed by atoms with E-state index < -0.39 is 0 Å². The first-order valence-corrected chi connectivity index (χ1v) is 11.4. The third kappa shape index (κ3) is 4.96. The van der Waals surface area contributed by atoms with E-state index in [9.17, 15) is 9.59 Å². The molecule has 0 saturated carbocycles. The van der Waals surface area contributed by atoms with Gasteiger partial charge in [0.05, 0.1) is 25.0 Å². The van der Waals surface area contributed by atoms with Crippen molar-refractivity contribution in [2.24, 2.45) is 7.05 Å². The molecule has 1 fully saturated rings. The summed E-state index contributed by atoms with van der Waals surface area (Å²) in [4.78, 5) is 31.0. The Labute approximate surface area is 193 Å². The zero-order valence-electron chi connectivity index (χ0n) is 19.6. The SMILES string of the molecule is COc1cc2c(=O)n(C)n(CCCN3CCN(Cc4ccccc4)CC3)c(=O)c2cc1OC. The third-order valence-corrected chi connectivity index (χ3v) is 6.43. The lowest BCUT2D eigenvalue weighted by Crippen LogP contribution is -2.46. The maximum Gasteiger partial charge on any atom is 0.273 e. The molecule has 2 heterocycles. The minimum absolute atomic E-state index is 0.194. The number of ether oxygens (including phenoxy) is 2. The first-order chi connectivity index (χ1) is 16.0. The van der Waals surface area contributed by atoms with Gasteiger partial charge in [0.1, 0.15) is 0 Å².